The Morgan fingerprint density at radius 3 is 2.38 bits per heavy atom. The van der Waals surface area contributed by atoms with Crippen molar-refractivity contribution in [2.24, 2.45) is 29.6 Å². The van der Waals surface area contributed by atoms with E-state index in [1.54, 1.807) is 0 Å². The summed E-state index contributed by atoms with van der Waals surface area (Å²) in [5.41, 5.74) is 1.03. The number of allylic oxidation sites excluding steroid dienone is 2. The molecule has 134 valence electrons. The van der Waals surface area contributed by atoms with Gasteiger partial charge in [0.25, 0.3) is 0 Å². The van der Waals surface area contributed by atoms with E-state index in [1.165, 1.54) is 38.5 Å². The third-order valence-electron chi connectivity index (χ3n) is 6.74. The summed E-state index contributed by atoms with van der Waals surface area (Å²) in [5.74, 6) is 2.89. The van der Waals surface area contributed by atoms with Gasteiger partial charge >= 0.3 is 0 Å². The Hall–Kier alpha value is -0.920. The van der Waals surface area contributed by atoms with Crippen LogP contribution < -0.4 is 0 Å². The van der Waals surface area contributed by atoms with Gasteiger partial charge in [0, 0.05) is 5.92 Å². The normalized spacial score (nSPS) is 37.1. The molecule has 2 nitrogen and oxygen atoms in total. The SMILES string of the molecule is CC1CC(C)CC(C(=O)CC(=O)C2=CCCCC3CCCCC23)C1. The van der Waals surface area contributed by atoms with Crippen LogP contribution in [0.2, 0.25) is 0 Å². The van der Waals surface area contributed by atoms with Crippen LogP contribution in [0.25, 0.3) is 0 Å². The summed E-state index contributed by atoms with van der Waals surface area (Å²) in [7, 11) is 0. The van der Waals surface area contributed by atoms with Crippen molar-refractivity contribution in [3.8, 4) is 0 Å². The Balaban J connectivity index is 1.64. The summed E-state index contributed by atoms with van der Waals surface area (Å²) < 4.78 is 0. The first kappa shape index (κ1) is 17.9. The average Bonchev–Trinajstić information content (AvgIpc) is 2.76. The van der Waals surface area contributed by atoms with E-state index in [9.17, 15) is 9.59 Å². The standard InChI is InChI=1S/C22H34O2/c1-15-11-16(2)13-18(12-15)21(23)14-22(24)20-10-6-4-8-17-7-3-5-9-19(17)20/h10,15-19H,3-9,11-14H2,1-2H3. The van der Waals surface area contributed by atoms with Gasteiger partial charge in [-0.2, -0.15) is 0 Å². The molecule has 4 unspecified atom stereocenters. The molecule has 2 saturated carbocycles. The molecule has 0 radical (unpaired) electrons. The van der Waals surface area contributed by atoms with Crippen molar-refractivity contribution >= 4 is 11.6 Å². The molecule has 2 heteroatoms. The van der Waals surface area contributed by atoms with Gasteiger partial charge in [0.15, 0.2) is 5.78 Å². The first-order valence-corrected chi connectivity index (χ1v) is 10.3. The molecule has 3 aliphatic carbocycles. The second kappa shape index (κ2) is 7.97. The van der Waals surface area contributed by atoms with Crippen molar-refractivity contribution < 1.29 is 9.59 Å². The molecule has 0 amide bonds. The number of Topliss-reactive ketones (excluding diaryl/α,β-unsaturated/α-hetero) is 2. The van der Waals surface area contributed by atoms with Crippen LogP contribution in [0.4, 0.5) is 0 Å². The zero-order chi connectivity index (χ0) is 17.1. The fourth-order valence-corrected chi connectivity index (χ4v) is 5.69. The summed E-state index contributed by atoms with van der Waals surface area (Å²) in [6, 6.07) is 0. The molecule has 0 aromatic carbocycles. The second-order valence-corrected chi connectivity index (χ2v) is 8.92. The number of carbonyl (C=O) groups is 2. The van der Waals surface area contributed by atoms with Gasteiger partial charge in [0.1, 0.15) is 5.78 Å². The largest absolute Gasteiger partial charge is 0.299 e. The van der Waals surface area contributed by atoms with Crippen LogP contribution in [0.15, 0.2) is 11.6 Å². The Morgan fingerprint density at radius 1 is 0.958 bits per heavy atom. The fraction of sp³-hybridized carbons (Fsp3) is 0.818. The molecule has 0 N–H and O–H groups in total. The Labute approximate surface area is 147 Å². The van der Waals surface area contributed by atoms with E-state index < -0.39 is 0 Å². The molecule has 3 rings (SSSR count). The maximum absolute atomic E-state index is 12.9. The highest BCUT2D eigenvalue weighted by atomic mass is 16.1. The number of hydrogen-bond donors (Lipinski definition) is 0. The lowest BCUT2D eigenvalue weighted by Crippen LogP contribution is -2.29. The lowest BCUT2D eigenvalue weighted by atomic mass is 9.71. The maximum Gasteiger partial charge on any atom is 0.166 e. The number of rotatable bonds is 4. The highest BCUT2D eigenvalue weighted by Crippen LogP contribution is 2.41. The van der Waals surface area contributed by atoms with Crippen molar-refractivity contribution in [2.45, 2.75) is 84.5 Å². The van der Waals surface area contributed by atoms with Crippen LogP contribution in [0, 0.1) is 29.6 Å². The molecule has 0 spiro atoms. The lowest BCUT2D eigenvalue weighted by Gasteiger charge is -2.32. The topological polar surface area (TPSA) is 34.1 Å². The van der Waals surface area contributed by atoms with Gasteiger partial charge in [-0.15, -0.1) is 0 Å². The minimum Gasteiger partial charge on any atom is -0.299 e. The molecule has 0 aromatic rings. The predicted molar refractivity (Wildman–Crippen MR) is 97.7 cm³/mol. The van der Waals surface area contributed by atoms with E-state index in [1.807, 2.05) is 0 Å². The highest BCUT2D eigenvalue weighted by Gasteiger charge is 2.34. The fourth-order valence-electron chi connectivity index (χ4n) is 5.69. The Bertz CT molecular complexity index is 494. The molecule has 24 heavy (non-hydrogen) atoms. The van der Waals surface area contributed by atoms with Crippen LogP contribution in [-0.4, -0.2) is 11.6 Å². The smallest absolute Gasteiger partial charge is 0.166 e. The number of fused-ring (bicyclic) bond motifs is 1. The van der Waals surface area contributed by atoms with Crippen LogP contribution in [0.3, 0.4) is 0 Å². The van der Waals surface area contributed by atoms with Gasteiger partial charge in [-0.25, -0.2) is 0 Å². The van der Waals surface area contributed by atoms with Crippen LogP contribution in [0.5, 0.6) is 0 Å². The van der Waals surface area contributed by atoms with E-state index >= 15 is 0 Å². The van der Waals surface area contributed by atoms with Crippen molar-refractivity contribution in [2.75, 3.05) is 0 Å². The summed E-state index contributed by atoms with van der Waals surface area (Å²) in [6.45, 7) is 4.50. The number of hydrogen-bond acceptors (Lipinski definition) is 2. The van der Waals surface area contributed by atoms with Gasteiger partial charge in [-0.1, -0.05) is 32.8 Å². The first-order valence-electron chi connectivity index (χ1n) is 10.3. The van der Waals surface area contributed by atoms with Crippen molar-refractivity contribution in [1.82, 2.24) is 0 Å². The van der Waals surface area contributed by atoms with Crippen molar-refractivity contribution in [1.29, 1.82) is 0 Å². The lowest BCUT2D eigenvalue weighted by molar-refractivity contribution is -0.129. The monoisotopic (exact) mass is 330 g/mol. The molecule has 4 atom stereocenters. The predicted octanol–water partition coefficient (Wildman–Crippen LogP) is 5.50. The van der Waals surface area contributed by atoms with Crippen LogP contribution in [0.1, 0.15) is 84.5 Å². The summed E-state index contributed by atoms with van der Waals surface area (Å²) in [4.78, 5) is 25.7. The second-order valence-electron chi connectivity index (χ2n) is 8.92. The molecule has 3 aliphatic rings. The molecule has 0 saturated heterocycles. The molecule has 0 aliphatic heterocycles. The minimum absolute atomic E-state index is 0.126. The first-order chi connectivity index (χ1) is 11.5. The van der Waals surface area contributed by atoms with E-state index in [0.717, 1.165) is 31.3 Å². The van der Waals surface area contributed by atoms with E-state index in [-0.39, 0.29) is 23.9 Å². The van der Waals surface area contributed by atoms with Gasteiger partial charge in [0.2, 0.25) is 0 Å². The Kier molecular flexibility index (Phi) is 5.94. The third kappa shape index (κ3) is 4.18. The number of carbonyl (C=O) groups excluding carboxylic acids is 2. The molecular formula is C22H34O2. The van der Waals surface area contributed by atoms with Gasteiger partial charge in [-0.05, 0) is 80.6 Å². The van der Waals surface area contributed by atoms with Crippen molar-refractivity contribution in [3.05, 3.63) is 11.6 Å². The van der Waals surface area contributed by atoms with Crippen LogP contribution in [-0.2, 0) is 9.59 Å². The summed E-state index contributed by atoms with van der Waals surface area (Å²) >= 11 is 0. The van der Waals surface area contributed by atoms with Crippen LogP contribution >= 0.6 is 0 Å². The molecular weight excluding hydrogens is 296 g/mol. The van der Waals surface area contributed by atoms with Gasteiger partial charge in [0.05, 0.1) is 6.42 Å². The van der Waals surface area contributed by atoms with Gasteiger partial charge < -0.3 is 0 Å². The zero-order valence-corrected chi connectivity index (χ0v) is 15.6. The average molecular weight is 331 g/mol. The molecule has 0 heterocycles. The molecule has 0 aromatic heterocycles. The minimum atomic E-state index is 0.126. The quantitative estimate of drug-likeness (QED) is 0.637. The summed E-state index contributed by atoms with van der Waals surface area (Å²) in [5, 5.41) is 0. The van der Waals surface area contributed by atoms with E-state index in [2.05, 4.69) is 19.9 Å². The maximum atomic E-state index is 12.9. The van der Waals surface area contributed by atoms with Gasteiger partial charge in [-0.3, -0.25) is 9.59 Å². The third-order valence-corrected chi connectivity index (χ3v) is 6.74. The van der Waals surface area contributed by atoms with Crippen molar-refractivity contribution in [3.63, 3.8) is 0 Å². The number of ketones is 2. The molecule has 0 bridgehead atoms. The van der Waals surface area contributed by atoms with E-state index in [4.69, 9.17) is 0 Å². The molecule has 2 fully saturated rings. The van der Waals surface area contributed by atoms with E-state index in [0.29, 0.717) is 23.7 Å². The zero-order valence-electron chi connectivity index (χ0n) is 15.6. The Morgan fingerprint density at radius 2 is 1.62 bits per heavy atom. The summed E-state index contributed by atoms with van der Waals surface area (Å²) in [6.07, 6.45) is 14.1. The highest BCUT2D eigenvalue weighted by molar-refractivity contribution is 6.08.